The first kappa shape index (κ1) is 19.8. The number of hydrogen-bond donors (Lipinski definition) is 1. The Labute approximate surface area is 169 Å². The van der Waals surface area contributed by atoms with Crippen LogP contribution < -0.4 is 5.32 Å². The number of anilines is 1. The summed E-state index contributed by atoms with van der Waals surface area (Å²) in [6, 6.07) is 10.1. The number of rotatable bonds is 5. The van der Waals surface area contributed by atoms with Gasteiger partial charge in [-0.1, -0.05) is 29.8 Å². The van der Waals surface area contributed by atoms with E-state index in [1.165, 1.54) is 23.5 Å². The Morgan fingerprint density at radius 2 is 1.89 bits per heavy atom. The maximum absolute atomic E-state index is 12.3. The van der Waals surface area contributed by atoms with Crippen molar-refractivity contribution < 1.29 is 19.2 Å². The Bertz CT molecular complexity index is 1110. The van der Waals surface area contributed by atoms with Crippen LogP contribution in [0.2, 0.25) is 5.02 Å². The fraction of sp³-hybridized carbons (Fsp3) is 0.158. The van der Waals surface area contributed by atoms with Gasteiger partial charge in [0.25, 0.3) is 11.6 Å². The normalized spacial score (nSPS) is 10.7. The van der Waals surface area contributed by atoms with Crippen molar-refractivity contribution in [1.29, 1.82) is 0 Å². The first-order chi connectivity index (χ1) is 13.3. The van der Waals surface area contributed by atoms with Crippen molar-refractivity contribution in [3.63, 3.8) is 0 Å². The minimum Gasteiger partial charge on any atom is -0.451 e. The van der Waals surface area contributed by atoms with Crippen LogP contribution in [0.15, 0.2) is 36.4 Å². The smallest absolute Gasteiger partial charge is 0.350 e. The van der Waals surface area contributed by atoms with Crippen molar-refractivity contribution in [3.8, 4) is 0 Å². The van der Waals surface area contributed by atoms with Crippen molar-refractivity contribution in [2.75, 3.05) is 11.9 Å². The number of nitro benzene ring substituents is 1. The van der Waals surface area contributed by atoms with Gasteiger partial charge in [0.2, 0.25) is 0 Å². The van der Waals surface area contributed by atoms with Crippen LogP contribution in [0.25, 0.3) is 10.1 Å². The molecule has 9 heteroatoms. The van der Waals surface area contributed by atoms with E-state index in [0.717, 1.165) is 21.2 Å². The van der Waals surface area contributed by atoms with Gasteiger partial charge in [0.15, 0.2) is 6.61 Å². The molecule has 0 spiro atoms. The highest BCUT2D eigenvalue weighted by atomic mass is 35.5. The molecule has 28 heavy (non-hydrogen) atoms. The summed E-state index contributed by atoms with van der Waals surface area (Å²) in [6.45, 7) is 2.93. The lowest BCUT2D eigenvalue weighted by atomic mass is 10.1. The number of esters is 1. The zero-order chi connectivity index (χ0) is 20.4. The van der Waals surface area contributed by atoms with E-state index in [-0.39, 0.29) is 21.3 Å². The molecular weight excluding hydrogens is 404 g/mol. The van der Waals surface area contributed by atoms with Crippen molar-refractivity contribution in [2.45, 2.75) is 13.8 Å². The molecule has 0 radical (unpaired) electrons. The molecule has 1 heterocycles. The van der Waals surface area contributed by atoms with Gasteiger partial charge in [-0.25, -0.2) is 4.79 Å². The number of carbonyl (C=O) groups is 2. The molecule has 0 saturated carbocycles. The molecule has 3 aromatic rings. The number of fused-ring (bicyclic) bond motifs is 1. The van der Waals surface area contributed by atoms with Gasteiger partial charge in [0.1, 0.15) is 10.6 Å². The lowest BCUT2D eigenvalue weighted by Crippen LogP contribution is -2.21. The highest BCUT2D eigenvalue weighted by Gasteiger charge is 2.21. The van der Waals surface area contributed by atoms with Crippen molar-refractivity contribution in [2.24, 2.45) is 0 Å². The predicted molar refractivity (Wildman–Crippen MR) is 108 cm³/mol. The molecule has 0 fully saturated rings. The summed E-state index contributed by atoms with van der Waals surface area (Å²) >= 11 is 7.39. The van der Waals surface area contributed by atoms with Gasteiger partial charge in [0, 0.05) is 16.2 Å². The monoisotopic (exact) mass is 418 g/mol. The van der Waals surface area contributed by atoms with Crippen LogP contribution in [0.3, 0.4) is 0 Å². The number of nitro groups is 1. The molecule has 1 aromatic heterocycles. The van der Waals surface area contributed by atoms with Crippen molar-refractivity contribution in [3.05, 3.63) is 67.5 Å². The number of carbonyl (C=O) groups excluding carboxylic acids is 2. The van der Waals surface area contributed by atoms with Gasteiger partial charge in [-0.15, -0.1) is 11.3 Å². The van der Waals surface area contributed by atoms with E-state index in [0.29, 0.717) is 0 Å². The fourth-order valence-corrected chi connectivity index (χ4v) is 3.98. The highest BCUT2D eigenvalue weighted by molar-refractivity contribution is 7.21. The third kappa shape index (κ3) is 3.97. The molecule has 0 aliphatic carbocycles. The highest BCUT2D eigenvalue weighted by Crippen LogP contribution is 2.35. The molecule has 144 valence electrons. The quantitative estimate of drug-likeness (QED) is 0.362. The Morgan fingerprint density at radius 3 is 2.57 bits per heavy atom. The molecule has 0 unspecified atom stereocenters. The Hall–Kier alpha value is -2.97. The van der Waals surface area contributed by atoms with Gasteiger partial charge in [-0.3, -0.25) is 14.9 Å². The fourth-order valence-electron chi connectivity index (χ4n) is 2.58. The first-order valence-electron chi connectivity index (χ1n) is 8.17. The van der Waals surface area contributed by atoms with E-state index in [1.807, 2.05) is 12.1 Å². The molecule has 0 atom stereocenters. The largest absolute Gasteiger partial charge is 0.451 e. The van der Waals surface area contributed by atoms with Crippen LogP contribution in [0.5, 0.6) is 0 Å². The van der Waals surface area contributed by atoms with E-state index >= 15 is 0 Å². The van der Waals surface area contributed by atoms with Gasteiger partial charge >= 0.3 is 5.97 Å². The number of amides is 1. The number of aryl methyl sites for hydroxylation is 2. The van der Waals surface area contributed by atoms with Gasteiger partial charge in [-0.2, -0.15) is 0 Å². The average Bonchev–Trinajstić information content (AvgIpc) is 2.99. The zero-order valence-electron chi connectivity index (χ0n) is 14.9. The lowest BCUT2D eigenvalue weighted by molar-refractivity contribution is -0.384. The van der Waals surface area contributed by atoms with E-state index in [2.05, 4.69) is 5.32 Å². The lowest BCUT2D eigenvalue weighted by Gasteiger charge is -2.09. The van der Waals surface area contributed by atoms with E-state index in [4.69, 9.17) is 16.3 Å². The van der Waals surface area contributed by atoms with Crippen LogP contribution in [0.4, 0.5) is 11.4 Å². The topological polar surface area (TPSA) is 98.5 Å². The van der Waals surface area contributed by atoms with E-state index in [1.54, 1.807) is 26.0 Å². The summed E-state index contributed by atoms with van der Waals surface area (Å²) in [4.78, 5) is 35.2. The molecular formula is C19H15ClN2O5S. The molecule has 7 nitrogen and oxygen atoms in total. The average molecular weight is 419 g/mol. The summed E-state index contributed by atoms with van der Waals surface area (Å²) in [5.41, 5.74) is 1.34. The summed E-state index contributed by atoms with van der Waals surface area (Å²) < 4.78 is 5.86. The third-order valence-electron chi connectivity index (χ3n) is 4.14. The maximum atomic E-state index is 12.3. The SMILES string of the molecule is Cc1cc(NC(=O)COC(=O)c2sc3ccccc3c2Cl)c([N+](=O)[O-])cc1C. The minimum atomic E-state index is -0.726. The second-order valence-corrected chi connectivity index (χ2v) is 7.51. The van der Waals surface area contributed by atoms with Gasteiger partial charge in [-0.05, 0) is 37.1 Å². The number of hydrogen-bond acceptors (Lipinski definition) is 6. The van der Waals surface area contributed by atoms with Gasteiger partial charge < -0.3 is 10.1 Å². The maximum Gasteiger partial charge on any atom is 0.350 e. The molecule has 0 saturated heterocycles. The molecule has 1 N–H and O–H groups in total. The van der Waals surface area contributed by atoms with E-state index in [9.17, 15) is 19.7 Å². The summed E-state index contributed by atoms with van der Waals surface area (Å²) in [7, 11) is 0. The van der Waals surface area contributed by atoms with Crippen LogP contribution in [-0.2, 0) is 9.53 Å². The zero-order valence-corrected chi connectivity index (χ0v) is 16.5. The summed E-state index contributed by atoms with van der Waals surface area (Å²) in [5, 5.41) is 14.6. The number of nitrogens with one attached hydrogen (secondary N) is 1. The number of halogens is 1. The van der Waals surface area contributed by atoms with Crippen LogP contribution in [0.1, 0.15) is 20.8 Å². The second-order valence-electron chi connectivity index (χ2n) is 6.08. The number of ether oxygens (including phenoxy) is 1. The van der Waals surface area contributed by atoms with Gasteiger partial charge in [0.05, 0.1) is 9.95 Å². The molecule has 2 aromatic carbocycles. The third-order valence-corrected chi connectivity index (χ3v) is 5.79. The molecule has 0 aliphatic heterocycles. The predicted octanol–water partition coefficient (Wildman–Crippen LogP) is 4.88. The van der Waals surface area contributed by atoms with Crippen LogP contribution in [0, 0.1) is 24.0 Å². The van der Waals surface area contributed by atoms with Crippen molar-refractivity contribution in [1.82, 2.24) is 0 Å². The molecule has 0 aliphatic rings. The Balaban J connectivity index is 1.70. The number of thiophene rings is 1. The Kier molecular flexibility index (Phi) is 5.62. The first-order valence-corrected chi connectivity index (χ1v) is 9.37. The number of nitrogens with zero attached hydrogens (tertiary/aromatic N) is 1. The number of benzene rings is 2. The van der Waals surface area contributed by atoms with E-state index < -0.39 is 23.4 Å². The molecule has 0 bridgehead atoms. The molecule has 1 amide bonds. The minimum absolute atomic E-state index is 0.0500. The van der Waals surface area contributed by atoms with Crippen LogP contribution >= 0.6 is 22.9 Å². The van der Waals surface area contributed by atoms with Crippen LogP contribution in [-0.4, -0.2) is 23.4 Å². The standard InChI is InChI=1S/C19H15ClN2O5S/c1-10-7-13(14(22(25)26)8-11(10)2)21-16(23)9-27-19(24)18-17(20)12-5-3-4-6-15(12)28-18/h3-8H,9H2,1-2H3,(H,21,23). The summed E-state index contributed by atoms with van der Waals surface area (Å²) in [5.74, 6) is -1.41. The van der Waals surface area contributed by atoms with Crippen molar-refractivity contribution >= 4 is 56.3 Å². The molecule has 3 rings (SSSR count). The second kappa shape index (κ2) is 7.95. The summed E-state index contributed by atoms with van der Waals surface area (Å²) in [6.07, 6.45) is 0. The Morgan fingerprint density at radius 1 is 1.21 bits per heavy atom.